The summed E-state index contributed by atoms with van der Waals surface area (Å²) >= 11 is 3.47. The fourth-order valence-corrected chi connectivity index (χ4v) is 3.31. The minimum Gasteiger partial charge on any atom is -0.469 e. The molecule has 7 nitrogen and oxygen atoms in total. The number of halogens is 1. The first-order valence-corrected chi connectivity index (χ1v) is 9.70. The zero-order valence-electron chi connectivity index (χ0n) is 18.7. The van der Waals surface area contributed by atoms with Crippen LogP contribution in [0.25, 0.3) is 0 Å². The van der Waals surface area contributed by atoms with E-state index in [0.717, 1.165) is 10.0 Å². The molecule has 0 unspecified atom stereocenters. The van der Waals surface area contributed by atoms with Crippen LogP contribution in [-0.4, -0.2) is 48.0 Å². The molecule has 1 aliphatic rings. The Hall–Kier alpha value is -2.87. The first-order chi connectivity index (χ1) is 15.2. The first-order valence-electron chi connectivity index (χ1n) is 10.4. The molecular weight excluding hydrogens is 436 g/mol. The highest BCUT2D eigenvalue weighted by atomic mass is 79.9. The van der Waals surface area contributed by atoms with Gasteiger partial charge < -0.3 is 10.1 Å². The van der Waals surface area contributed by atoms with Crippen molar-refractivity contribution in [3.05, 3.63) is 58.3 Å². The number of hydrogen-bond acceptors (Lipinski definition) is 6. The summed E-state index contributed by atoms with van der Waals surface area (Å²) in [5, 5.41) is 2.41. The Morgan fingerprint density at radius 3 is 2.90 bits per heavy atom. The highest BCUT2D eigenvalue weighted by molar-refractivity contribution is 9.10. The van der Waals surface area contributed by atoms with Crippen LogP contribution in [0.5, 0.6) is 0 Å². The lowest BCUT2D eigenvalue weighted by Crippen LogP contribution is -2.34. The van der Waals surface area contributed by atoms with E-state index in [0.29, 0.717) is 22.8 Å². The number of benzene rings is 1. The Kier molecular flexibility index (Phi) is 5.61. The molecule has 0 saturated carbocycles. The summed E-state index contributed by atoms with van der Waals surface area (Å²) in [5.41, 5.74) is 2.95. The third kappa shape index (κ3) is 5.35. The molecule has 29 heavy (non-hydrogen) atoms. The summed E-state index contributed by atoms with van der Waals surface area (Å²) in [6.07, 6.45) is 2.00. The Labute approximate surface area is 181 Å². The van der Waals surface area contributed by atoms with Crippen LogP contribution in [0, 0.1) is 0 Å². The maximum atomic E-state index is 11.9. The number of carbonyl (C=O) groups is 2. The summed E-state index contributed by atoms with van der Waals surface area (Å²) in [7, 11) is 1.30. The fourth-order valence-electron chi connectivity index (χ4n) is 2.95. The molecule has 0 aliphatic carbocycles. The molecule has 0 radical (unpaired) electrons. The Morgan fingerprint density at radius 2 is 2.17 bits per heavy atom. The van der Waals surface area contributed by atoms with Crippen LogP contribution < -0.4 is 5.32 Å². The highest BCUT2D eigenvalue weighted by Gasteiger charge is 2.25. The molecule has 8 heteroatoms. The quantitative estimate of drug-likeness (QED) is 0.670. The average Bonchev–Trinajstić information content (AvgIpc) is 2.92. The Morgan fingerprint density at radius 1 is 1.31 bits per heavy atom. The Bertz CT molecular complexity index is 1070. The number of esters is 1. The van der Waals surface area contributed by atoms with Crippen LogP contribution >= 0.6 is 15.9 Å². The standard InChI is InChI=1S/C21H21BrN4O3/c1-13(27)24-12-19-17(8-9-20(28)29-2)26-21(18-5-3-4-10-23-18)15-11-14(22)6-7-16(15)25-19/h3-7,10-11,17H,8-9,12H2,1-2H3,(H,24,27)/t17-/m0/s1/i1D3. The summed E-state index contributed by atoms with van der Waals surface area (Å²) in [4.78, 5) is 37.7. The molecule has 1 aliphatic heterocycles. The number of methoxy groups -OCH3 is 1. The normalized spacial score (nSPS) is 17.4. The van der Waals surface area contributed by atoms with E-state index in [2.05, 4.69) is 26.2 Å². The molecule has 3 rings (SSSR count). The van der Waals surface area contributed by atoms with E-state index >= 15 is 0 Å². The van der Waals surface area contributed by atoms with Crippen molar-refractivity contribution in [2.75, 3.05) is 13.7 Å². The van der Waals surface area contributed by atoms with E-state index in [1.54, 1.807) is 18.3 Å². The molecule has 0 spiro atoms. The molecule has 0 saturated heterocycles. The number of rotatable bonds is 6. The molecule has 1 amide bonds. The lowest BCUT2D eigenvalue weighted by molar-refractivity contribution is -0.140. The van der Waals surface area contributed by atoms with Crippen molar-refractivity contribution in [1.29, 1.82) is 0 Å². The van der Waals surface area contributed by atoms with Gasteiger partial charge in [-0.15, -0.1) is 0 Å². The van der Waals surface area contributed by atoms with E-state index in [1.165, 1.54) is 7.11 Å². The molecule has 2 aromatic rings. The third-order valence-corrected chi connectivity index (χ3v) is 4.83. The summed E-state index contributed by atoms with van der Waals surface area (Å²) in [5.74, 6) is -1.49. The number of fused-ring (bicyclic) bond motifs is 1. The smallest absolute Gasteiger partial charge is 0.305 e. The van der Waals surface area contributed by atoms with Gasteiger partial charge in [0.15, 0.2) is 0 Å². The molecule has 2 heterocycles. The van der Waals surface area contributed by atoms with Gasteiger partial charge in [-0.05, 0) is 36.8 Å². The summed E-state index contributed by atoms with van der Waals surface area (Å²) in [6.45, 7) is -2.91. The van der Waals surface area contributed by atoms with Gasteiger partial charge in [-0.1, -0.05) is 22.0 Å². The number of nitrogens with one attached hydrogen (secondary N) is 1. The average molecular weight is 460 g/mol. The van der Waals surface area contributed by atoms with Gasteiger partial charge >= 0.3 is 5.97 Å². The van der Waals surface area contributed by atoms with Gasteiger partial charge in [0.2, 0.25) is 5.91 Å². The second-order valence-electron chi connectivity index (χ2n) is 6.27. The first kappa shape index (κ1) is 17.0. The second-order valence-corrected chi connectivity index (χ2v) is 7.19. The van der Waals surface area contributed by atoms with Crippen LogP contribution in [0.15, 0.2) is 57.1 Å². The zero-order valence-corrected chi connectivity index (χ0v) is 17.3. The van der Waals surface area contributed by atoms with Crippen LogP contribution in [0.3, 0.4) is 0 Å². The van der Waals surface area contributed by atoms with E-state index in [1.807, 2.05) is 24.3 Å². The molecule has 1 N–H and O–H groups in total. The second kappa shape index (κ2) is 9.56. The largest absolute Gasteiger partial charge is 0.469 e. The predicted molar refractivity (Wildman–Crippen MR) is 115 cm³/mol. The van der Waals surface area contributed by atoms with Crippen LogP contribution in [-0.2, 0) is 14.3 Å². The van der Waals surface area contributed by atoms with Gasteiger partial charge in [0.05, 0.1) is 42.5 Å². The van der Waals surface area contributed by atoms with E-state index in [9.17, 15) is 9.59 Å². The number of nitrogens with zero attached hydrogens (tertiary/aromatic N) is 3. The minimum absolute atomic E-state index is 0.0758. The monoisotopic (exact) mass is 459 g/mol. The molecule has 150 valence electrons. The van der Waals surface area contributed by atoms with E-state index in [-0.39, 0.29) is 19.4 Å². The number of aliphatic imine (C=N–C) groups is 2. The summed E-state index contributed by atoms with van der Waals surface area (Å²) < 4.78 is 27.4. The van der Waals surface area contributed by atoms with Gasteiger partial charge in [-0.25, -0.2) is 0 Å². The zero-order chi connectivity index (χ0) is 23.3. The van der Waals surface area contributed by atoms with Crippen LogP contribution in [0.4, 0.5) is 5.69 Å². The molecule has 0 fully saturated rings. The maximum Gasteiger partial charge on any atom is 0.305 e. The number of pyridine rings is 1. The molecule has 0 bridgehead atoms. The van der Waals surface area contributed by atoms with Gasteiger partial charge in [0, 0.05) is 33.6 Å². The van der Waals surface area contributed by atoms with Crippen molar-refractivity contribution in [3.8, 4) is 0 Å². The van der Waals surface area contributed by atoms with Crippen molar-refractivity contribution in [2.45, 2.75) is 25.7 Å². The highest BCUT2D eigenvalue weighted by Crippen LogP contribution is 2.30. The molecular formula is C21H21BrN4O3. The van der Waals surface area contributed by atoms with Gasteiger partial charge in [-0.3, -0.25) is 24.6 Å². The number of carbonyl (C=O) groups excluding carboxylic acids is 2. The van der Waals surface area contributed by atoms with Crippen molar-refractivity contribution in [3.63, 3.8) is 0 Å². The SMILES string of the molecule is [2H]C([2H])([2H])C(=O)NCC1=Nc2ccc(Br)cc2C(c2ccccn2)=N[C@H]1CCC(=O)OC. The number of hydrogen-bond donors (Lipinski definition) is 1. The van der Waals surface area contributed by atoms with Gasteiger partial charge in [-0.2, -0.15) is 0 Å². The number of amides is 1. The third-order valence-electron chi connectivity index (χ3n) is 4.33. The van der Waals surface area contributed by atoms with Gasteiger partial charge in [0.25, 0.3) is 0 Å². The predicted octanol–water partition coefficient (Wildman–Crippen LogP) is 3.23. The van der Waals surface area contributed by atoms with E-state index in [4.69, 9.17) is 18.8 Å². The topological polar surface area (TPSA) is 93.0 Å². The lowest BCUT2D eigenvalue weighted by Gasteiger charge is -2.15. The summed E-state index contributed by atoms with van der Waals surface area (Å²) in [6, 6.07) is 10.3. The molecule has 1 aromatic heterocycles. The van der Waals surface area contributed by atoms with Gasteiger partial charge in [0.1, 0.15) is 0 Å². The lowest BCUT2D eigenvalue weighted by atomic mass is 10.0. The molecule has 1 atom stereocenters. The Balaban J connectivity index is 2.07. The van der Waals surface area contributed by atoms with Crippen LogP contribution in [0.2, 0.25) is 0 Å². The van der Waals surface area contributed by atoms with E-state index < -0.39 is 24.8 Å². The number of ether oxygens (including phenoxy) is 1. The number of aromatic nitrogens is 1. The maximum absolute atomic E-state index is 11.9. The van der Waals surface area contributed by atoms with Crippen LogP contribution in [0.1, 0.15) is 35.1 Å². The minimum atomic E-state index is -2.78. The van der Waals surface area contributed by atoms with Crippen molar-refractivity contribution >= 4 is 44.9 Å². The fraction of sp³-hybridized carbons (Fsp3) is 0.286. The van der Waals surface area contributed by atoms with Crippen molar-refractivity contribution < 1.29 is 18.4 Å². The van der Waals surface area contributed by atoms with Crippen molar-refractivity contribution in [2.24, 2.45) is 9.98 Å². The van der Waals surface area contributed by atoms with Crippen molar-refractivity contribution in [1.82, 2.24) is 10.3 Å². The molecule has 1 aromatic carbocycles.